The molecule has 0 aromatic rings. The molecule has 3 N–H and O–H groups in total. The Hall–Kier alpha value is -1.34. The lowest BCUT2D eigenvalue weighted by Gasteiger charge is -2.26. The van der Waals surface area contributed by atoms with Crippen LogP contribution in [0.3, 0.4) is 0 Å². The van der Waals surface area contributed by atoms with Gasteiger partial charge in [0.05, 0.1) is 19.1 Å². The SMILES string of the molecule is COCCN(CCO)C(=O)NCC(CC(C)(C)C)C(=O)O. The van der Waals surface area contributed by atoms with Crippen LogP contribution < -0.4 is 5.32 Å². The number of aliphatic hydroxyl groups is 1. The molecule has 0 aliphatic heterocycles. The number of carboxylic acids is 1. The molecule has 2 amide bonds. The van der Waals surface area contributed by atoms with E-state index in [4.69, 9.17) is 9.84 Å². The molecule has 1 atom stereocenters. The van der Waals surface area contributed by atoms with Gasteiger partial charge in [-0.05, 0) is 11.8 Å². The van der Waals surface area contributed by atoms with Crippen molar-refractivity contribution in [3.63, 3.8) is 0 Å². The van der Waals surface area contributed by atoms with Crippen LogP contribution in [0.1, 0.15) is 27.2 Å². The van der Waals surface area contributed by atoms with Crippen molar-refractivity contribution in [3.8, 4) is 0 Å². The molecule has 7 nitrogen and oxygen atoms in total. The molecule has 0 saturated heterocycles. The molecule has 0 aliphatic carbocycles. The van der Waals surface area contributed by atoms with Crippen molar-refractivity contribution < 1.29 is 24.5 Å². The summed E-state index contributed by atoms with van der Waals surface area (Å²) in [6.07, 6.45) is 0.473. The first-order valence-electron chi connectivity index (χ1n) is 7.06. The quantitative estimate of drug-likeness (QED) is 0.584. The number of nitrogens with one attached hydrogen (secondary N) is 1. The van der Waals surface area contributed by atoms with Gasteiger partial charge in [0.15, 0.2) is 0 Å². The Labute approximate surface area is 126 Å². The van der Waals surface area contributed by atoms with Gasteiger partial charge in [0, 0.05) is 26.7 Å². The lowest BCUT2D eigenvalue weighted by atomic mass is 9.84. The van der Waals surface area contributed by atoms with Gasteiger partial charge in [-0.1, -0.05) is 20.8 Å². The van der Waals surface area contributed by atoms with Gasteiger partial charge in [-0.2, -0.15) is 0 Å². The number of carbonyl (C=O) groups is 2. The Morgan fingerprint density at radius 3 is 2.33 bits per heavy atom. The number of aliphatic carboxylic acids is 1. The summed E-state index contributed by atoms with van der Waals surface area (Å²) >= 11 is 0. The number of urea groups is 1. The Kier molecular flexibility index (Phi) is 8.96. The summed E-state index contributed by atoms with van der Waals surface area (Å²) in [4.78, 5) is 24.6. The summed E-state index contributed by atoms with van der Waals surface area (Å²) in [7, 11) is 1.53. The zero-order valence-corrected chi connectivity index (χ0v) is 13.4. The highest BCUT2D eigenvalue weighted by Gasteiger charge is 2.25. The molecule has 1 unspecified atom stereocenters. The lowest BCUT2D eigenvalue weighted by Crippen LogP contribution is -2.45. The van der Waals surface area contributed by atoms with Crippen LogP contribution in [0.25, 0.3) is 0 Å². The van der Waals surface area contributed by atoms with Crippen molar-refractivity contribution in [2.45, 2.75) is 27.2 Å². The average molecular weight is 304 g/mol. The zero-order chi connectivity index (χ0) is 16.5. The molecule has 0 saturated carbocycles. The van der Waals surface area contributed by atoms with Gasteiger partial charge in [-0.3, -0.25) is 4.79 Å². The number of nitrogens with zero attached hydrogens (tertiary/aromatic N) is 1. The predicted molar refractivity (Wildman–Crippen MR) is 79.1 cm³/mol. The molecule has 7 heteroatoms. The minimum absolute atomic E-state index is 0.0698. The van der Waals surface area contributed by atoms with Crippen LogP contribution in [0.4, 0.5) is 4.79 Å². The third-order valence-electron chi connectivity index (χ3n) is 2.93. The topological polar surface area (TPSA) is 99.1 Å². The maximum atomic E-state index is 12.0. The summed E-state index contributed by atoms with van der Waals surface area (Å²) in [6.45, 7) is 6.69. The lowest BCUT2D eigenvalue weighted by molar-refractivity contribution is -0.142. The van der Waals surface area contributed by atoms with Crippen molar-refractivity contribution in [3.05, 3.63) is 0 Å². The fourth-order valence-electron chi connectivity index (χ4n) is 1.95. The summed E-state index contributed by atoms with van der Waals surface area (Å²) in [5.74, 6) is -1.55. The van der Waals surface area contributed by atoms with Crippen LogP contribution in [-0.2, 0) is 9.53 Å². The van der Waals surface area contributed by atoms with Crippen molar-refractivity contribution in [1.82, 2.24) is 10.2 Å². The molecule has 0 fully saturated rings. The second kappa shape index (κ2) is 9.57. The molecule has 0 radical (unpaired) electrons. The van der Waals surface area contributed by atoms with Crippen LogP contribution >= 0.6 is 0 Å². The third kappa shape index (κ3) is 9.25. The van der Waals surface area contributed by atoms with Gasteiger partial charge in [0.1, 0.15) is 0 Å². The van der Waals surface area contributed by atoms with Crippen LogP contribution in [0, 0.1) is 11.3 Å². The highest BCUT2D eigenvalue weighted by atomic mass is 16.5. The standard InChI is InChI=1S/C14H28N2O5/c1-14(2,3)9-11(12(18)19)10-15-13(20)16(5-7-17)6-8-21-4/h11,17H,5-10H2,1-4H3,(H,15,20)(H,18,19). The van der Waals surface area contributed by atoms with E-state index in [0.29, 0.717) is 19.6 Å². The van der Waals surface area contributed by atoms with Gasteiger partial charge in [-0.25, -0.2) is 4.79 Å². The van der Waals surface area contributed by atoms with Gasteiger partial charge < -0.3 is 25.2 Å². The summed E-state index contributed by atoms with van der Waals surface area (Å²) < 4.78 is 4.90. The van der Waals surface area contributed by atoms with Crippen LogP contribution in [-0.4, -0.2) is 67.1 Å². The number of methoxy groups -OCH3 is 1. The van der Waals surface area contributed by atoms with E-state index in [0.717, 1.165) is 0 Å². The zero-order valence-electron chi connectivity index (χ0n) is 13.4. The molecule has 0 aliphatic rings. The van der Waals surface area contributed by atoms with E-state index in [2.05, 4.69) is 5.32 Å². The van der Waals surface area contributed by atoms with Crippen LogP contribution in [0.2, 0.25) is 0 Å². The monoisotopic (exact) mass is 304 g/mol. The maximum absolute atomic E-state index is 12.0. The minimum Gasteiger partial charge on any atom is -0.481 e. The molecule has 0 aromatic heterocycles. The second-order valence-electron chi connectivity index (χ2n) is 6.19. The van der Waals surface area contributed by atoms with E-state index in [9.17, 15) is 14.7 Å². The molecule has 0 rings (SSSR count). The van der Waals surface area contributed by atoms with Crippen LogP contribution in [0.5, 0.6) is 0 Å². The minimum atomic E-state index is -0.921. The van der Waals surface area contributed by atoms with E-state index in [1.165, 1.54) is 12.0 Å². The van der Waals surface area contributed by atoms with Crippen molar-refractivity contribution in [1.29, 1.82) is 0 Å². The highest BCUT2D eigenvalue weighted by molar-refractivity contribution is 5.76. The Balaban J connectivity index is 4.47. The van der Waals surface area contributed by atoms with Gasteiger partial charge in [0.25, 0.3) is 0 Å². The predicted octanol–water partition coefficient (Wildman–Crippen LogP) is 0.774. The molecule has 0 spiro atoms. The molecule has 21 heavy (non-hydrogen) atoms. The molecule has 124 valence electrons. The largest absolute Gasteiger partial charge is 0.481 e. The molecular formula is C14H28N2O5. The average Bonchev–Trinajstić information content (AvgIpc) is 2.37. The van der Waals surface area contributed by atoms with E-state index in [1.807, 2.05) is 20.8 Å². The number of carbonyl (C=O) groups excluding carboxylic acids is 1. The Morgan fingerprint density at radius 2 is 1.90 bits per heavy atom. The summed E-state index contributed by atoms with van der Waals surface area (Å²) in [6, 6.07) is -0.388. The van der Waals surface area contributed by atoms with Crippen molar-refractivity contribution >= 4 is 12.0 Å². The summed E-state index contributed by atoms with van der Waals surface area (Å²) in [5, 5.41) is 20.8. The number of rotatable bonds is 9. The molecule has 0 heterocycles. The first-order chi connectivity index (χ1) is 9.71. The summed E-state index contributed by atoms with van der Waals surface area (Å²) in [5.41, 5.74) is -0.130. The number of aliphatic hydroxyl groups excluding tert-OH is 1. The van der Waals surface area contributed by atoms with E-state index in [-0.39, 0.29) is 31.1 Å². The Bertz CT molecular complexity index is 328. The third-order valence-corrected chi connectivity index (χ3v) is 2.93. The highest BCUT2D eigenvalue weighted by Crippen LogP contribution is 2.24. The first-order valence-corrected chi connectivity index (χ1v) is 7.06. The van der Waals surface area contributed by atoms with Crippen molar-refractivity contribution in [2.75, 3.05) is 40.0 Å². The van der Waals surface area contributed by atoms with Crippen LogP contribution in [0.15, 0.2) is 0 Å². The second-order valence-corrected chi connectivity index (χ2v) is 6.19. The van der Waals surface area contributed by atoms with Gasteiger partial charge in [-0.15, -0.1) is 0 Å². The number of hydrogen-bond donors (Lipinski definition) is 3. The normalized spacial score (nSPS) is 12.8. The fourth-order valence-corrected chi connectivity index (χ4v) is 1.95. The van der Waals surface area contributed by atoms with Gasteiger partial charge in [0.2, 0.25) is 0 Å². The molecule has 0 aromatic carbocycles. The number of hydrogen-bond acceptors (Lipinski definition) is 4. The van der Waals surface area contributed by atoms with Gasteiger partial charge >= 0.3 is 12.0 Å². The maximum Gasteiger partial charge on any atom is 0.317 e. The van der Waals surface area contributed by atoms with E-state index >= 15 is 0 Å². The fraction of sp³-hybridized carbons (Fsp3) is 0.857. The number of ether oxygens (including phenoxy) is 1. The smallest absolute Gasteiger partial charge is 0.317 e. The molecule has 0 bridgehead atoms. The Morgan fingerprint density at radius 1 is 1.29 bits per heavy atom. The first kappa shape index (κ1) is 19.7. The number of carboxylic acid groups (broad SMARTS) is 1. The van der Waals surface area contributed by atoms with Crippen molar-refractivity contribution in [2.24, 2.45) is 11.3 Å². The van der Waals surface area contributed by atoms with E-state index < -0.39 is 11.9 Å². The van der Waals surface area contributed by atoms with E-state index in [1.54, 1.807) is 0 Å². The molecular weight excluding hydrogens is 276 g/mol. The number of amides is 2.